The van der Waals surface area contributed by atoms with Crippen LogP contribution in [0.25, 0.3) is 0 Å². The van der Waals surface area contributed by atoms with Crippen molar-refractivity contribution in [2.24, 2.45) is 0 Å². The monoisotopic (exact) mass is 184 g/mol. The van der Waals surface area contributed by atoms with Crippen molar-refractivity contribution in [1.29, 1.82) is 0 Å². The lowest BCUT2D eigenvalue weighted by Crippen LogP contribution is -1.82. The SMILES string of the molecule is Cc1ccc2c(c1)SC(O)S2. The highest BCUT2D eigenvalue weighted by atomic mass is 32.2. The molecule has 1 heterocycles. The number of thioether (sulfide) groups is 2. The van der Waals surface area contributed by atoms with Crippen molar-refractivity contribution in [3.05, 3.63) is 23.8 Å². The van der Waals surface area contributed by atoms with Gasteiger partial charge in [0, 0.05) is 9.79 Å². The first-order valence-corrected chi connectivity index (χ1v) is 5.14. The lowest BCUT2D eigenvalue weighted by Gasteiger charge is -1.95. The molecule has 0 aromatic heterocycles. The third kappa shape index (κ3) is 1.41. The van der Waals surface area contributed by atoms with E-state index in [0.717, 1.165) is 0 Å². The number of hydrogen-bond donors (Lipinski definition) is 1. The fourth-order valence-electron chi connectivity index (χ4n) is 1.05. The summed E-state index contributed by atoms with van der Waals surface area (Å²) in [4.78, 5) is 2.41. The minimum absolute atomic E-state index is 0.299. The normalized spacial score (nSPS) is 21.8. The van der Waals surface area contributed by atoms with Gasteiger partial charge in [0.1, 0.15) is 0 Å². The van der Waals surface area contributed by atoms with Crippen molar-refractivity contribution in [2.45, 2.75) is 21.5 Å². The highest BCUT2D eigenvalue weighted by molar-refractivity contribution is 8.19. The van der Waals surface area contributed by atoms with Crippen LogP contribution in [0.2, 0.25) is 0 Å². The van der Waals surface area contributed by atoms with E-state index < -0.39 is 0 Å². The Labute approximate surface area is 74.2 Å². The predicted molar refractivity (Wildman–Crippen MR) is 48.9 cm³/mol. The summed E-state index contributed by atoms with van der Waals surface area (Å²) in [6.07, 6.45) is 0. The van der Waals surface area contributed by atoms with E-state index in [-0.39, 0.29) is 4.77 Å². The summed E-state index contributed by atoms with van der Waals surface area (Å²) in [7, 11) is 0. The molecule has 0 radical (unpaired) electrons. The Hall–Kier alpha value is -0.120. The fourth-order valence-corrected chi connectivity index (χ4v) is 3.34. The van der Waals surface area contributed by atoms with Crippen molar-refractivity contribution in [2.75, 3.05) is 0 Å². The average Bonchev–Trinajstić information content (AvgIpc) is 2.27. The molecule has 0 spiro atoms. The summed E-state index contributed by atoms with van der Waals surface area (Å²) in [5, 5.41) is 9.27. The maximum Gasteiger partial charge on any atom is 0.155 e. The van der Waals surface area contributed by atoms with E-state index in [9.17, 15) is 5.11 Å². The van der Waals surface area contributed by atoms with E-state index in [1.807, 2.05) is 0 Å². The van der Waals surface area contributed by atoms with E-state index in [1.165, 1.54) is 38.9 Å². The maximum atomic E-state index is 9.27. The molecule has 1 nitrogen and oxygen atoms in total. The number of benzene rings is 1. The Kier molecular flexibility index (Phi) is 1.87. The van der Waals surface area contributed by atoms with Crippen molar-refractivity contribution in [3.63, 3.8) is 0 Å². The number of aliphatic hydroxyl groups is 1. The zero-order chi connectivity index (χ0) is 7.84. The van der Waals surface area contributed by atoms with Crippen molar-refractivity contribution in [1.82, 2.24) is 0 Å². The van der Waals surface area contributed by atoms with E-state index >= 15 is 0 Å². The van der Waals surface area contributed by atoms with Crippen LogP contribution in [0.15, 0.2) is 28.0 Å². The lowest BCUT2D eigenvalue weighted by atomic mass is 10.2. The highest BCUT2D eigenvalue weighted by Gasteiger charge is 2.19. The van der Waals surface area contributed by atoms with Gasteiger partial charge in [-0.05, 0) is 24.6 Å². The Morgan fingerprint density at radius 3 is 2.82 bits per heavy atom. The van der Waals surface area contributed by atoms with Gasteiger partial charge in [0.05, 0.1) is 0 Å². The maximum absolute atomic E-state index is 9.27. The number of rotatable bonds is 0. The molecule has 1 aliphatic heterocycles. The van der Waals surface area contributed by atoms with Crippen molar-refractivity contribution >= 4 is 23.5 Å². The molecule has 1 aliphatic rings. The van der Waals surface area contributed by atoms with Gasteiger partial charge in [0.2, 0.25) is 0 Å². The van der Waals surface area contributed by atoms with Crippen LogP contribution >= 0.6 is 23.5 Å². The molecule has 1 atom stereocenters. The Morgan fingerprint density at radius 1 is 1.27 bits per heavy atom. The second-order valence-corrected chi connectivity index (χ2v) is 5.04. The van der Waals surface area contributed by atoms with Gasteiger partial charge in [0.25, 0.3) is 0 Å². The van der Waals surface area contributed by atoms with Gasteiger partial charge in [-0.25, -0.2) is 0 Å². The molecule has 2 rings (SSSR count). The average molecular weight is 184 g/mol. The van der Waals surface area contributed by atoms with Crippen LogP contribution in [0.3, 0.4) is 0 Å². The van der Waals surface area contributed by atoms with E-state index in [2.05, 4.69) is 25.1 Å². The quantitative estimate of drug-likeness (QED) is 0.669. The van der Waals surface area contributed by atoms with E-state index in [0.29, 0.717) is 0 Å². The number of aryl methyl sites for hydroxylation is 1. The summed E-state index contributed by atoms with van der Waals surface area (Å²) in [6.45, 7) is 2.07. The summed E-state index contributed by atoms with van der Waals surface area (Å²) >= 11 is 3.04. The third-order valence-corrected chi connectivity index (χ3v) is 3.87. The zero-order valence-corrected chi connectivity index (χ0v) is 7.71. The Morgan fingerprint density at radius 2 is 2.00 bits per heavy atom. The van der Waals surface area contributed by atoms with Crippen molar-refractivity contribution in [3.8, 4) is 0 Å². The molecule has 11 heavy (non-hydrogen) atoms. The largest absolute Gasteiger partial charge is 0.372 e. The van der Waals surface area contributed by atoms with Gasteiger partial charge >= 0.3 is 0 Å². The Balaban J connectivity index is 2.43. The molecular weight excluding hydrogens is 176 g/mol. The van der Waals surface area contributed by atoms with E-state index in [1.54, 1.807) is 0 Å². The molecule has 0 aliphatic carbocycles. The van der Waals surface area contributed by atoms with Gasteiger partial charge in [-0.15, -0.1) is 0 Å². The van der Waals surface area contributed by atoms with Crippen LogP contribution in [-0.2, 0) is 0 Å². The standard InChI is InChI=1S/C8H8OS2/c1-5-2-3-6-7(4-5)11-8(9)10-6/h2-4,8-9H,1H3. The van der Waals surface area contributed by atoms with Gasteiger partial charge in [-0.1, -0.05) is 29.6 Å². The first kappa shape index (κ1) is 7.53. The first-order chi connectivity index (χ1) is 5.25. The summed E-state index contributed by atoms with van der Waals surface area (Å²) in [6, 6.07) is 6.26. The Bertz CT molecular complexity index is 285. The molecule has 0 amide bonds. The predicted octanol–water partition coefficient (Wildman–Crippen LogP) is 2.47. The van der Waals surface area contributed by atoms with E-state index in [4.69, 9.17) is 0 Å². The molecule has 0 saturated carbocycles. The first-order valence-electron chi connectivity index (χ1n) is 3.38. The molecule has 0 saturated heterocycles. The van der Waals surface area contributed by atoms with Crippen LogP contribution in [0.4, 0.5) is 0 Å². The molecule has 0 bridgehead atoms. The lowest BCUT2D eigenvalue weighted by molar-refractivity contribution is 0.347. The minimum atomic E-state index is -0.299. The van der Waals surface area contributed by atoms with Crippen LogP contribution < -0.4 is 0 Å². The molecule has 1 aromatic carbocycles. The van der Waals surface area contributed by atoms with Gasteiger partial charge in [0.15, 0.2) is 4.77 Å². The molecule has 1 unspecified atom stereocenters. The van der Waals surface area contributed by atoms with Crippen molar-refractivity contribution < 1.29 is 5.11 Å². The zero-order valence-electron chi connectivity index (χ0n) is 6.07. The van der Waals surface area contributed by atoms with Gasteiger partial charge in [-0.3, -0.25) is 0 Å². The highest BCUT2D eigenvalue weighted by Crippen LogP contribution is 2.46. The fraction of sp³-hybridized carbons (Fsp3) is 0.250. The minimum Gasteiger partial charge on any atom is -0.372 e. The molecule has 1 N–H and O–H groups in total. The second-order valence-electron chi connectivity index (χ2n) is 2.49. The smallest absolute Gasteiger partial charge is 0.155 e. The third-order valence-electron chi connectivity index (χ3n) is 1.55. The number of fused-ring (bicyclic) bond motifs is 1. The topological polar surface area (TPSA) is 20.2 Å². The summed E-state index contributed by atoms with van der Waals surface area (Å²) < 4.78 is -0.299. The number of hydrogen-bond acceptors (Lipinski definition) is 3. The van der Waals surface area contributed by atoms with Gasteiger partial charge < -0.3 is 5.11 Å². The van der Waals surface area contributed by atoms with Crippen LogP contribution in [-0.4, -0.2) is 9.87 Å². The molecule has 0 fully saturated rings. The molecular formula is C8H8OS2. The van der Waals surface area contributed by atoms with Crippen LogP contribution in [0.1, 0.15) is 5.56 Å². The van der Waals surface area contributed by atoms with Crippen LogP contribution in [0, 0.1) is 6.92 Å². The number of aliphatic hydroxyl groups excluding tert-OH is 1. The van der Waals surface area contributed by atoms with Gasteiger partial charge in [-0.2, -0.15) is 0 Å². The molecule has 1 aromatic rings. The molecule has 3 heteroatoms. The second kappa shape index (κ2) is 2.73. The summed E-state index contributed by atoms with van der Waals surface area (Å²) in [5.74, 6) is 0. The summed E-state index contributed by atoms with van der Waals surface area (Å²) in [5.41, 5.74) is 1.26. The molecule has 58 valence electrons. The van der Waals surface area contributed by atoms with Crippen LogP contribution in [0.5, 0.6) is 0 Å².